The van der Waals surface area contributed by atoms with E-state index in [9.17, 15) is 12.8 Å². The van der Waals surface area contributed by atoms with Gasteiger partial charge in [-0.25, -0.2) is 17.8 Å². The Kier molecular flexibility index (Phi) is 3.93. The van der Waals surface area contributed by atoms with Crippen molar-refractivity contribution in [3.8, 4) is 0 Å². The number of hydrogen-bond donors (Lipinski definition) is 1. The Morgan fingerprint density at radius 3 is 2.47 bits per heavy atom. The first-order chi connectivity index (χ1) is 8.88. The second-order valence-corrected chi connectivity index (χ2v) is 6.02. The predicted octanol–water partition coefficient (Wildman–Crippen LogP) is 3.33. The van der Waals surface area contributed by atoms with Gasteiger partial charge in [-0.3, -0.25) is 4.72 Å². The summed E-state index contributed by atoms with van der Waals surface area (Å²) < 4.78 is 39.7. The van der Waals surface area contributed by atoms with Crippen molar-refractivity contribution in [2.75, 3.05) is 4.72 Å². The molecule has 4 nitrogen and oxygen atoms in total. The monoisotopic (exact) mass is 320 g/mol. The summed E-state index contributed by atoms with van der Waals surface area (Å²) in [6.07, 6.45) is 1.23. The summed E-state index contributed by atoms with van der Waals surface area (Å²) in [4.78, 5) is 3.22. The summed E-state index contributed by atoms with van der Waals surface area (Å²) in [6.45, 7) is 0. The highest BCUT2D eigenvalue weighted by atomic mass is 35.5. The van der Waals surface area contributed by atoms with E-state index in [0.29, 0.717) is 0 Å². The van der Waals surface area contributed by atoms with Gasteiger partial charge in [0.05, 0.1) is 11.9 Å². The van der Waals surface area contributed by atoms with Gasteiger partial charge in [0.25, 0.3) is 10.0 Å². The molecule has 2 aromatic rings. The number of sulfonamides is 1. The van der Waals surface area contributed by atoms with E-state index < -0.39 is 20.7 Å². The zero-order chi connectivity index (χ0) is 14.0. The lowest BCUT2D eigenvalue weighted by molar-refractivity contribution is 0.570. The first-order valence-corrected chi connectivity index (χ1v) is 7.22. The van der Waals surface area contributed by atoms with E-state index in [1.165, 1.54) is 24.4 Å². The number of hydrogen-bond acceptors (Lipinski definition) is 3. The van der Waals surface area contributed by atoms with Gasteiger partial charge >= 0.3 is 0 Å². The molecule has 0 radical (unpaired) electrons. The minimum atomic E-state index is -4.04. The van der Waals surface area contributed by atoms with Gasteiger partial charge in [-0.15, -0.1) is 0 Å². The lowest BCUT2D eigenvalue weighted by Gasteiger charge is -2.08. The minimum absolute atomic E-state index is 0.115. The van der Waals surface area contributed by atoms with Crippen LogP contribution in [-0.2, 0) is 10.0 Å². The molecule has 0 aliphatic carbocycles. The number of nitrogens with zero attached hydrogens (tertiary/aromatic N) is 1. The maximum Gasteiger partial charge on any atom is 0.264 e. The lowest BCUT2D eigenvalue weighted by atomic mass is 10.3. The van der Waals surface area contributed by atoms with E-state index >= 15 is 0 Å². The van der Waals surface area contributed by atoms with E-state index in [2.05, 4.69) is 9.71 Å². The number of rotatable bonds is 3. The van der Waals surface area contributed by atoms with Crippen LogP contribution in [0.1, 0.15) is 0 Å². The smallest absolute Gasteiger partial charge is 0.264 e. The van der Waals surface area contributed by atoms with Crippen LogP contribution in [0.5, 0.6) is 0 Å². The molecule has 1 aromatic heterocycles. The number of aromatic nitrogens is 1. The van der Waals surface area contributed by atoms with Gasteiger partial charge in [0, 0.05) is 5.02 Å². The quantitative estimate of drug-likeness (QED) is 0.882. The van der Waals surface area contributed by atoms with Crippen LogP contribution in [0.15, 0.2) is 41.4 Å². The van der Waals surface area contributed by atoms with Crippen LogP contribution in [-0.4, -0.2) is 13.4 Å². The van der Waals surface area contributed by atoms with Gasteiger partial charge in [-0.2, -0.15) is 0 Å². The third-order valence-electron chi connectivity index (χ3n) is 2.16. The molecule has 0 aliphatic rings. The maximum absolute atomic E-state index is 13.6. The fraction of sp³-hybridized carbons (Fsp3) is 0. The summed E-state index contributed by atoms with van der Waals surface area (Å²) in [5, 5.41) is 0.338. The van der Waals surface area contributed by atoms with Gasteiger partial charge in [-0.05, 0) is 30.3 Å². The summed E-state index contributed by atoms with van der Waals surface area (Å²) in [5.74, 6) is -0.929. The fourth-order valence-electron chi connectivity index (χ4n) is 1.34. The van der Waals surface area contributed by atoms with Crippen molar-refractivity contribution in [3.05, 3.63) is 52.5 Å². The normalized spacial score (nSPS) is 11.3. The molecule has 1 aromatic carbocycles. The third-order valence-corrected chi connectivity index (χ3v) is 4.04. The van der Waals surface area contributed by atoms with Crippen LogP contribution in [0.25, 0.3) is 0 Å². The van der Waals surface area contributed by atoms with Crippen molar-refractivity contribution >= 4 is 38.9 Å². The predicted molar refractivity (Wildman–Crippen MR) is 71.5 cm³/mol. The summed E-state index contributed by atoms with van der Waals surface area (Å²) in [5.41, 5.74) is 0.179. The Bertz CT molecular complexity index is 705. The van der Waals surface area contributed by atoms with E-state index in [1.807, 2.05) is 0 Å². The summed E-state index contributed by atoms with van der Waals surface area (Å²) in [7, 11) is -4.04. The maximum atomic E-state index is 13.6. The number of nitrogens with one attached hydrogen (secondary N) is 1. The topological polar surface area (TPSA) is 59.1 Å². The first kappa shape index (κ1) is 14.0. The molecule has 2 rings (SSSR count). The average Bonchev–Trinajstić information content (AvgIpc) is 2.31. The van der Waals surface area contributed by atoms with Crippen molar-refractivity contribution in [2.24, 2.45) is 0 Å². The second-order valence-electron chi connectivity index (χ2n) is 3.55. The average molecular weight is 321 g/mol. The summed E-state index contributed by atoms with van der Waals surface area (Å²) >= 11 is 11.1. The molecule has 0 saturated carbocycles. The highest BCUT2D eigenvalue weighted by Crippen LogP contribution is 2.21. The van der Waals surface area contributed by atoms with Crippen molar-refractivity contribution in [3.63, 3.8) is 0 Å². The molecule has 100 valence electrons. The first-order valence-electron chi connectivity index (χ1n) is 4.98. The molecular weight excluding hydrogens is 314 g/mol. The van der Waals surface area contributed by atoms with Crippen molar-refractivity contribution in [1.82, 2.24) is 4.98 Å². The number of halogens is 3. The van der Waals surface area contributed by atoms with E-state index in [-0.39, 0.29) is 15.9 Å². The van der Waals surface area contributed by atoms with E-state index in [0.717, 1.165) is 12.1 Å². The van der Waals surface area contributed by atoms with Crippen LogP contribution in [0.4, 0.5) is 10.1 Å². The highest BCUT2D eigenvalue weighted by Gasteiger charge is 2.19. The van der Waals surface area contributed by atoms with Gasteiger partial charge in [0.15, 0.2) is 0 Å². The summed E-state index contributed by atoms with van der Waals surface area (Å²) in [6, 6.07) is 6.14. The van der Waals surface area contributed by atoms with Crippen molar-refractivity contribution in [1.29, 1.82) is 0 Å². The molecule has 1 N–H and O–H groups in total. The highest BCUT2D eigenvalue weighted by molar-refractivity contribution is 7.92. The van der Waals surface area contributed by atoms with Crippen LogP contribution < -0.4 is 4.72 Å². The molecule has 0 saturated heterocycles. The van der Waals surface area contributed by atoms with E-state index in [4.69, 9.17) is 23.2 Å². The Labute approximate surface area is 119 Å². The van der Waals surface area contributed by atoms with Crippen LogP contribution in [0.2, 0.25) is 10.2 Å². The van der Waals surface area contributed by atoms with Crippen molar-refractivity contribution < 1.29 is 12.8 Å². The largest absolute Gasteiger partial charge is 0.278 e. The number of pyridine rings is 1. The molecule has 0 spiro atoms. The fourth-order valence-corrected chi connectivity index (χ4v) is 2.71. The number of anilines is 1. The molecule has 0 atom stereocenters. The lowest BCUT2D eigenvalue weighted by Crippen LogP contribution is -2.14. The molecule has 19 heavy (non-hydrogen) atoms. The van der Waals surface area contributed by atoms with Crippen LogP contribution >= 0.6 is 23.2 Å². The third kappa shape index (κ3) is 3.34. The Morgan fingerprint density at radius 2 is 1.89 bits per heavy atom. The zero-order valence-electron chi connectivity index (χ0n) is 9.27. The van der Waals surface area contributed by atoms with Crippen molar-refractivity contribution in [2.45, 2.75) is 4.90 Å². The van der Waals surface area contributed by atoms with E-state index in [1.54, 1.807) is 0 Å². The molecule has 0 fully saturated rings. The second kappa shape index (κ2) is 5.32. The Hall–Kier alpha value is -1.37. The van der Waals surface area contributed by atoms with Gasteiger partial charge in [0.1, 0.15) is 15.9 Å². The van der Waals surface area contributed by atoms with Crippen LogP contribution in [0, 0.1) is 5.82 Å². The molecule has 8 heteroatoms. The van der Waals surface area contributed by atoms with Gasteiger partial charge in [-0.1, -0.05) is 23.2 Å². The van der Waals surface area contributed by atoms with Gasteiger partial charge in [0.2, 0.25) is 0 Å². The van der Waals surface area contributed by atoms with Gasteiger partial charge < -0.3 is 0 Å². The Balaban J connectivity index is 2.35. The molecular formula is C11H7Cl2FN2O2S. The number of benzene rings is 1. The van der Waals surface area contributed by atoms with Crippen LogP contribution in [0.3, 0.4) is 0 Å². The minimum Gasteiger partial charge on any atom is -0.278 e. The zero-order valence-corrected chi connectivity index (χ0v) is 11.6. The molecule has 1 heterocycles. The SMILES string of the molecule is O=S(=O)(Nc1ccc(Cl)nc1)c1ccc(Cl)cc1F. The standard InChI is InChI=1S/C11H7Cl2FN2O2S/c12-7-1-3-10(9(14)5-7)19(17,18)16-8-2-4-11(13)15-6-8/h1-6,16H. The molecule has 0 bridgehead atoms. The molecule has 0 aliphatic heterocycles. The molecule has 0 unspecified atom stereocenters. The Morgan fingerprint density at radius 1 is 1.16 bits per heavy atom. The molecule has 0 amide bonds.